The van der Waals surface area contributed by atoms with Gasteiger partial charge in [-0.2, -0.15) is 0 Å². The van der Waals surface area contributed by atoms with Crippen molar-refractivity contribution in [3.05, 3.63) is 53.1 Å². The Morgan fingerprint density at radius 3 is 2.28 bits per heavy atom. The maximum Gasteiger partial charge on any atom is 0.337 e. The third-order valence-electron chi connectivity index (χ3n) is 3.53. The fraction of sp³-hybridized carbons (Fsp3) is 0.158. The Bertz CT molecular complexity index is 950. The van der Waals surface area contributed by atoms with Crippen LogP contribution in [0.2, 0.25) is 5.02 Å². The molecule has 4 N–H and O–H groups in total. The Hall–Kier alpha value is -3.04. The van der Waals surface area contributed by atoms with Gasteiger partial charge in [0, 0.05) is 22.7 Å². The van der Waals surface area contributed by atoms with Crippen LogP contribution in [0.5, 0.6) is 0 Å². The van der Waals surface area contributed by atoms with E-state index in [0.29, 0.717) is 11.4 Å². The van der Waals surface area contributed by atoms with E-state index in [2.05, 4.69) is 10.6 Å². The second kappa shape index (κ2) is 10.5. The summed E-state index contributed by atoms with van der Waals surface area (Å²) in [6, 6.07) is 11.0. The quantitative estimate of drug-likeness (QED) is 0.441. The predicted molar refractivity (Wildman–Crippen MR) is 110 cm³/mol. The van der Waals surface area contributed by atoms with Gasteiger partial charge in [-0.15, -0.1) is 11.8 Å². The van der Waals surface area contributed by atoms with Gasteiger partial charge < -0.3 is 20.8 Å². The molecule has 0 aliphatic heterocycles. The highest BCUT2D eigenvalue weighted by Gasteiger charge is 2.11. The summed E-state index contributed by atoms with van der Waals surface area (Å²) in [5, 5.41) is 22.9. The Labute approximate surface area is 175 Å². The summed E-state index contributed by atoms with van der Waals surface area (Å²) in [5.41, 5.74) is 0.704. The van der Waals surface area contributed by atoms with Crippen molar-refractivity contribution < 1.29 is 29.4 Å². The van der Waals surface area contributed by atoms with Crippen LogP contribution in [0, 0.1) is 0 Å². The van der Waals surface area contributed by atoms with E-state index in [1.807, 2.05) is 0 Å². The first-order valence-electron chi connectivity index (χ1n) is 8.32. The first kappa shape index (κ1) is 22.3. The van der Waals surface area contributed by atoms with Crippen molar-refractivity contribution in [1.82, 2.24) is 0 Å². The van der Waals surface area contributed by atoms with Crippen molar-refractivity contribution in [2.45, 2.75) is 17.7 Å². The number of carboxylic acid groups (broad SMARTS) is 2. The van der Waals surface area contributed by atoms with Gasteiger partial charge in [0.05, 0.1) is 22.8 Å². The zero-order valence-electron chi connectivity index (χ0n) is 15.0. The lowest BCUT2D eigenvalue weighted by Crippen LogP contribution is -2.15. The maximum absolute atomic E-state index is 12.1. The number of hydrogen-bond donors (Lipinski definition) is 4. The molecule has 2 aromatic carbocycles. The van der Waals surface area contributed by atoms with E-state index in [9.17, 15) is 19.2 Å². The molecule has 0 heterocycles. The molecule has 2 rings (SSSR count). The van der Waals surface area contributed by atoms with Crippen molar-refractivity contribution in [1.29, 1.82) is 0 Å². The van der Waals surface area contributed by atoms with Crippen molar-refractivity contribution in [2.24, 2.45) is 0 Å². The van der Waals surface area contributed by atoms with Crippen LogP contribution in [0.3, 0.4) is 0 Å². The molecule has 0 atom stereocenters. The number of rotatable bonds is 9. The first-order valence-corrected chi connectivity index (χ1v) is 9.68. The standard InChI is InChI=1S/C19H17ClN2O6S/c20-15-5-4-12(9-14(15)19(27)28)22-17(24)10-29-13-3-1-2-11(8-13)21-16(23)6-7-18(25)26/h1-5,8-9H,6-7,10H2,(H,21,23)(H,22,24)(H,25,26)(H,27,28). The zero-order chi connectivity index (χ0) is 21.4. The summed E-state index contributed by atoms with van der Waals surface area (Å²) in [7, 11) is 0. The summed E-state index contributed by atoms with van der Waals surface area (Å²) in [6.45, 7) is 0. The topological polar surface area (TPSA) is 133 Å². The van der Waals surface area contributed by atoms with Gasteiger partial charge in [0.1, 0.15) is 0 Å². The second-order valence-electron chi connectivity index (χ2n) is 5.81. The third kappa shape index (κ3) is 7.47. The van der Waals surface area contributed by atoms with Crippen LogP contribution in [-0.4, -0.2) is 39.7 Å². The number of nitrogens with one attached hydrogen (secondary N) is 2. The lowest BCUT2D eigenvalue weighted by Gasteiger charge is -2.08. The molecule has 10 heteroatoms. The number of aliphatic carboxylic acids is 1. The largest absolute Gasteiger partial charge is 0.481 e. The molecule has 0 unspecified atom stereocenters. The minimum absolute atomic E-state index is 0.0570. The van der Waals surface area contributed by atoms with Gasteiger partial charge in [0.25, 0.3) is 0 Å². The van der Waals surface area contributed by atoms with Crippen LogP contribution in [-0.2, 0) is 14.4 Å². The molecule has 0 aliphatic rings. The average Bonchev–Trinajstić information content (AvgIpc) is 2.66. The van der Waals surface area contributed by atoms with E-state index in [-0.39, 0.29) is 35.1 Å². The van der Waals surface area contributed by atoms with E-state index < -0.39 is 17.8 Å². The molecule has 2 amide bonds. The third-order valence-corrected chi connectivity index (χ3v) is 4.86. The lowest BCUT2D eigenvalue weighted by molar-refractivity contribution is -0.138. The summed E-state index contributed by atoms with van der Waals surface area (Å²) in [4.78, 5) is 46.1. The molecule has 0 bridgehead atoms. The highest BCUT2D eigenvalue weighted by atomic mass is 35.5. The van der Waals surface area contributed by atoms with Crippen molar-refractivity contribution >= 4 is 58.5 Å². The van der Waals surface area contributed by atoms with Crippen molar-refractivity contribution in [3.63, 3.8) is 0 Å². The normalized spacial score (nSPS) is 10.2. The van der Waals surface area contributed by atoms with Crippen molar-refractivity contribution in [3.8, 4) is 0 Å². The molecular formula is C19H17ClN2O6S. The number of anilines is 2. The number of thioether (sulfide) groups is 1. The van der Waals surface area contributed by atoms with Gasteiger partial charge in [0.15, 0.2) is 0 Å². The number of carboxylic acids is 2. The van der Waals surface area contributed by atoms with E-state index >= 15 is 0 Å². The van der Waals surface area contributed by atoms with Crippen LogP contribution in [0.15, 0.2) is 47.4 Å². The molecule has 0 spiro atoms. The Balaban J connectivity index is 1.90. The highest BCUT2D eigenvalue weighted by Crippen LogP contribution is 2.23. The molecule has 0 fully saturated rings. The van der Waals surface area contributed by atoms with Gasteiger partial charge >= 0.3 is 11.9 Å². The molecule has 8 nitrogen and oxygen atoms in total. The molecule has 0 saturated carbocycles. The highest BCUT2D eigenvalue weighted by molar-refractivity contribution is 8.00. The Morgan fingerprint density at radius 2 is 1.59 bits per heavy atom. The monoisotopic (exact) mass is 436 g/mol. The van der Waals surface area contributed by atoms with E-state index in [4.69, 9.17) is 21.8 Å². The van der Waals surface area contributed by atoms with Crippen molar-refractivity contribution in [2.75, 3.05) is 16.4 Å². The molecule has 0 saturated heterocycles. The SMILES string of the molecule is O=C(O)CCC(=O)Nc1cccc(SCC(=O)Nc2ccc(Cl)c(C(=O)O)c2)c1. The van der Waals surface area contributed by atoms with Crippen LogP contribution in [0.1, 0.15) is 23.2 Å². The average molecular weight is 437 g/mol. The summed E-state index contributed by atoms with van der Waals surface area (Å²) < 4.78 is 0. The summed E-state index contributed by atoms with van der Waals surface area (Å²) >= 11 is 7.02. The molecule has 2 aromatic rings. The number of hydrogen-bond acceptors (Lipinski definition) is 5. The number of halogens is 1. The fourth-order valence-electron chi connectivity index (χ4n) is 2.22. The molecule has 0 radical (unpaired) electrons. The lowest BCUT2D eigenvalue weighted by atomic mass is 10.2. The van der Waals surface area contributed by atoms with Gasteiger partial charge in [-0.3, -0.25) is 14.4 Å². The van der Waals surface area contributed by atoms with Crippen LogP contribution >= 0.6 is 23.4 Å². The second-order valence-corrected chi connectivity index (χ2v) is 7.26. The minimum Gasteiger partial charge on any atom is -0.481 e. The number of carbonyl (C=O) groups excluding carboxylic acids is 2. The molecule has 29 heavy (non-hydrogen) atoms. The summed E-state index contributed by atoms with van der Waals surface area (Å²) in [6.07, 6.45) is -0.386. The van der Waals surface area contributed by atoms with Gasteiger partial charge in [-0.25, -0.2) is 4.79 Å². The number of amides is 2. The Morgan fingerprint density at radius 1 is 0.897 bits per heavy atom. The van der Waals surface area contributed by atoms with Gasteiger partial charge in [-0.05, 0) is 36.4 Å². The summed E-state index contributed by atoms with van der Waals surface area (Å²) in [5.74, 6) is -2.94. The zero-order valence-corrected chi connectivity index (χ0v) is 16.5. The van der Waals surface area contributed by atoms with Crippen LogP contribution < -0.4 is 10.6 Å². The van der Waals surface area contributed by atoms with Crippen LogP contribution in [0.25, 0.3) is 0 Å². The van der Waals surface area contributed by atoms with Gasteiger partial charge in [-0.1, -0.05) is 17.7 Å². The molecular weight excluding hydrogens is 420 g/mol. The smallest absolute Gasteiger partial charge is 0.337 e. The Kier molecular flexibility index (Phi) is 8.05. The maximum atomic E-state index is 12.1. The van der Waals surface area contributed by atoms with Gasteiger partial charge in [0.2, 0.25) is 11.8 Å². The molecule has 0 aromatic heterocycles. The van der Waals surface area contributed by atoms with E-state index in [0.717, 1.165) is 4.90 Å². The number of aromatic carboxylic acids is 1. The van der Waals surface area contributed by atoms with E-state index in [1.165, 1.54) is 30.0 Å². The van der Waals surface area contributed by atoms with E-state index in [1.54, 1.807) is 24.3 Å². The fourth-order valence-corrected chi connectivity index (χ4v) is 3.17. The number of carbonyl (C=O) groups is 4. The molecule has 0 aliphatic carbocycles. The first-order chi connectivity index (χ1) is 13.7. The van der Waals surface area contributed by atoms with Crippen LogP contribution in [0.4, 0.5) is 11.4 Å². The number of benzene rings is 2. The predicted octanol–water partition coefficient (Wildman–Crippen LogP) is 3.57. The molecule has 152 valence electrons. The minimum atomic E-state index is -1.19.